The van der Waals surface area contributed by atoms with Crippen molar-refractivity contribution in [3.8, 4) is 0 Å². The normalized spacial score (nSPS) is 9.93. The van der Waals surface area contributed by atoms with Crippen LogP contribution in [0.4, 0.5) is 5.69 Å². The Morgan fingerprint density at radius 3 is 1.89 bits per heavy atom. The van der Waals surface area contributed by atoms with Gasteiger partial charge in [0.15, 0.2) is 0 Å². The summed E-state index contributed by atoms with van der Waals surface area (Å²) in [7, 11) is 0. The molecule has 4 N–H and O–H groups in total. The molecule has 0 bridgehead atoms. The van der Waals surface area contributed by atoms with Gasteiger partial charge in [-0.3, -0.25) is 0 Å². The van der Waals surface area contributed by atoms with E-state index in [4.69, 9.17) is 15.9 Å². The second kappa shape index (κ2) is 9.37. The molecule has 0 aliphatic carbocycles. The molecule has 3 rings (SSSR count). The Morgan fingerprint density at radius 2 is 1.36 bits per heavy atom. The molecule has 28 heavy (non-hydrogen) atoms. The van der Waals surface area contributed by atoms with Crippen molar-refractivity contribution in [2.45, 2.75) is 20.3 Å². The van der Waals surface area contributed by atoms with Gasteiger partial charge in [0, 0.05) is 5.69 Å². The highest BCUT2D eigenvalue weighted by molar-refractivity contribution is 5.93. The van der Waals surface area contributed by atoms with Gasteiger partial charge in [-0.2, -0.15) is 0 Å². The van der Waals surface area contributed by atoms with Crippen molar-refractivity contribution in [3.05, 3.63) is 100 Å². The molecule has 0 heterocycles. The minimum absolute atomic E-state index is 0.0186. The first kappa shape index (κ1) is 20.7. The lowest BCUT2D eigenvalue weighted by molar-refractivity contribution is 0.0696. The summed E-state index contributed by atoms with van der Waals surface area (Å²) in [5.41, 5.74) is 11.9. The maximum absolute atomic E-state index is 10.4. The maximum Gasteiger partial charge on any atom is 0.335 e. The fourth-order valence-electron chi connectivity index (χ4n) is 2.69. The van der Waals surface area contributed by atoms with E-state index in [1.54, 1.807) is 0 Å². The van der Waals surface area contributed by atoms with Gasteiger partial charge < -0.3 is 15.9 Å². The number of hydrogen-bond acceptors (Lipinski definition) is 3. The Labute approximate surface area is 164 Å². The van der Waals surface area contributed by atoms with Crippen LogP contribution in [0.15, 0.2) is 66.7 Å². The summed E-state index contributed by atoms with van der Waals surface area (Å²) < 4.78 is 0. The van der Waals surface area contributed by atoms with E-state index < -0.39 is 11.9 Å². The highest BCUT2D eigenvalue weighted by Gasteiger charge is 2.07. The molecule has 0 fully saturated rings. The Kier molecular flexibility index (Phi) is 6.93. The second-order valence-corrected chi connectivity index (χ2v) is 6.42. The summed E-state index contributed by atoms with van der Waals surface area (Å²) in [4.78, 5) is 20.8. The van der Waals surface area contributed by atoms with E-state index in [9.17, 15) is 9.59 Å². The van der Waals surface area contributed by atoms with Crippen LogP contribution in [0, 0.1) is 13.8 Å². The third-order valence-electron chi connectivity index (χ3n) is 4.54. The number of benzene rings is 3. The Hall–Kier alpha value is -3.60. The van der Waals surface area contributed by atoms with Gasteiger partial charge in [0.2, 0.25) is 0 Å². The van der Waals surface area contributed by atoms with Gasteiger partial charge in [-0.05, 0) is 66.8 Å². The van der Waals surface area contributed by atoms with Crippen LogP contribution < -0.4 is 5.73 Å². The van der Waals surface area contributed by atoms with E-state index in [0.717, 1.165) is 18.2 Å². The highest BCUT2D eigenvalue weighted by Crippen LogP contribution is 2.21. The van der Waals surface area contributed by atoms with Crippen molar-refractivity contribution in [1.29, 1.82) is 0 Å². The largest absolute Gasteiger partial charge is 0.478 e. The second-order valence-electron chi connectivity index (χ2n) is 6.42. The summed E-state index contributed by atoms with van der Waals surface area (Å²) >= 11 is 0. The third-order valence-corrected chi connectivity index (χ3v) is 4.54. The van der Waals surface area contributed by atoms with Crippen LogP contribution >= 0.6 is 0 Å². The Balaban J connectivity index is 0.000000209. The summed E-state index contributed by atoms with van der Waals surface area (Å²) in [5, 5.41) is 17.0. The molecule has 0 aromatic heterocycles. The van der Waals surface area contributed by atoms with Crippen LogP contribution in [-0.4, -0.2) is 22.2 Å². The van der Waals surface area contributed by atoms with E-state index >= 15 is 0 Å². The van der Waals surface area contributed by atoms with Crippen LogP contribution in [0.1, 0.15) is 43.0 Å². The number of carboxylic acids is 2. The zero-order valence-corrected chi connectivity index (χ0v) is 15.8. The van der Waals surface area contributed by atoms with Crippen molar-refractivity contribution < 1.29 is 19.8 Å². The van der Waals surface area contributed by atoms with E-state index in [0.29, 0.717) is 0 Å². The number of anilines is 1. The van der Waals surface area contributed by atoms with Gasteiger partial charge in [-0.1, -0.05) is 42.5 Å². The molecule has 0 aliphatic rings. The molecule has 0 unspecified atom stereocenters. The van der Waals surface area contributed by atoms with Gasteiger partial charge in [0.1, 0.15) is 0 Å². The lowest BCUT2D eigenvalue weighted by atomic mass is 9.96. The Morgan fingerprint density at radius 1 is 0.786 bits per heavy atom. The lowest BCUT2D eigenvalue weighted by Crippen LogP contribution is -2.01. The molecule has 0 radical (unpaired) electrons. The average molecular weight is 377 g/mol. The first-order valence-corrected chi connectivity index (χ1v) is 8.74. The van der Waals surface area contributed by atoms with Crippen LogP contribution in [0.2, 0.25) is 0 Å². The predicted molar refractivity (Wildman–Crippen MR) is 110 cm³/mol. The molecule has 0 saturated heterocycles. The van der Waals surface area contributed by atoms with Crippen LogP contribution in [-0.2, 0) is 6.42 Å². The molecule has 3 aromatic carbocycles. The molecule has 5 heteroatoms. The summed E-state index contributed by atoms with van der Waals surface area (Å²) in [6.07, 6.45) is 0.980. The highest BCUT2D eigenvalue weighted by atomic mass is 16.4. The number of nitrogen functional groups attached to an aromatic ring is 1. The fourth-order valence-corrected chi connectivity index (χ4v) is 2.69. The van der Waals surface area contributed by atoms with E-state index in [-0.39, 0.29) is 11.1 Å². The number of hydrogen-bond donors (Lipinski definition) is 3. The molecule has 0 amide bonds. The third kappa shape index (κ3) is 5.45. The number of rotatable bonds is 4. The zero-order valence-electron chi connectivity index (χ0n) is 15.8. The Bertz CT molecular complexity index is 952. The molecule has 0 saturated carbocycles. The van der Waals surface area contributed by atoms with Gasteiger partial charge in [0.05, 0.1) is 11.1 Å². The summed E-state index contributed by atoms with van der Waals surface area (Å²) in [6.45, 7) is 4.23. The molecule has 0 atom stereocenters. The van der Waals surface area contributed by atoms with Crippen LogP contribution in [0.5, 0.6) is 0 Å². The molecular weight excluding hydrogens is 354 g/mol. The topological polar surface area (TPSA) is 101 Å². The monoisotopic (exact) mass is 377 g/mol. The fraction of sp³-hybridized carbons (Fsp3) is 0.130. The lowest BCUT2D eigenvalue weighted by Gasteiger charge is -2.11. The van der Waals surface area contributed by atoms with Crippen LogP contribution in [0.3, 0.4) is 0 Å². The average Bonchev–Trinajstić information content (AvgIpc) is 2.70. The van der Waals surface area contributed by atoms with Crippen molar-refractivity contribution in [3.63, 3.8) is 0 Å². The SMILES string of the molecule is Cc1c(N)ccc(Cc2ccccc2)c1C.O=C(O)c1cccc(C(=O)O)c1. The van der Waals surface area contributed by atoms with Crippen molar-refractivity contribution in [2.75, 3.05) is 5.73 Å². The van der Waals surface area contributed by atoms with Crippen LogP contribution in [0.25, 0.3) is 0 Å². The number of aromatic carboxylic acids is 2. The van der Waals surface area contributed by atoms with E-state index in [1.165, 1.54) is 40.5 Å². The van der Waals surface area contributed by atoms with E-state index in [2.05, 4.69) is 44.2 Å². The summed E-state index contributed by atoms with van der Waals surface area (Å²) in [6, 6.07) is 19.8. The van der Waals surface area contributed by atoms with Gasteiger partial charge in [-0.15, -0.1) is 0 Å². The molecular formula is C23H23NO4. The van der Waals surface area contributed by atoms with Crippen molar-refractivity contribution in [2.24, 2.45) is 0 Å². The maximum atomic E-state index is 10.4. The van der Waals surface area contributed by atoms with Crippen molar-refractivity contribution in [1.82, 2.24) is 0 Å². The van der Waals surface area contributed by atoms with Gasteiger partial charge in [-0.25, -0.2) is 9.59 Å². The molecule has 0 spiro atoms. The minimum atomic E-state index is -1.13. The predicted octanol–water partition coefficient (Wildman–Crippen LogP) is 4.56. The molecule has 3 aromatic rings. The van der Waals surface area contributed by atoms with E-state index in [1.807, 2.05) is 12.1 Å². The van der Waals surface area contributed by atoms with Gasteiger partial charge >= 0.3 is 11.9 Å². The number of carbonyl (C=O) groups is 2. The first-order valence-electron chi connectivity index (χ1n) is 8.74. The molecule has 5 nitrogen and oxygen atoms in total. The molecule has 144 valence electrons. The van der Waals surface area contributed by atoms with Crippen molar-refractivity contribution >= 4 is 17.6 Å². The summed E-state index contributed by atoms with van der Waals surface area (Å²) in [5.74, 6) is -2.25. The zero-order chi connectivity index (χ0) is 20.7. The molecule has 0 aliphatic heterocycles. The first-order chi connectivity index (χ1) is 13.3. The number of carboxylic acid groups (broad SMARTS) is 2. The number of nitrogens with two attached hydrogens (primary N) is 1. The minimum Gasteiger partial charge on any atom is -0.478 e. The standard InChI is InChI=1S/C15H17N.C8H6O4/c1-11-12(2)15(16)9-8-14(11)10-13-6-4-3-5-7-13;9-7(10)5-2-1-3-6(4-5)8(11)12/h3-9H,10,16H2,1-2H3;1-4H,(H,9,10)(H,11,12). The quantitative estimate of drug-likeness (QED) is 0.579. The smallest absolute Gasteiger partial charge is 0.335 e. The van der Waals surface area contributed by atoms with Gasteiger partial charge in [0.25, 0.3) is 0 Å².